The lowest BCUT2D eigenvalue weighted by molar-refractivity contribution is -0.121. The highest BCUT2D eigenvalue weighted by atomic mass is 16.5. The van der Waals surface area contributed by atoms with E-state index >= 15 is 0 Å². The third-order valence-corrected chi connectivity index (χ3v) is 4.44. The Bertz CT molecular complexity index is 976. The minimum Gasteiger partial charge on any atom is -0.354 e. The first-order valence-electron chi connectivity index (χ1n) is 8.68. The Morgan fingerprint density at radius 1 is 1.31 bits per heavy atom. The number of carbonyl (C=O) groups excluding carboxylic acids is 1. The molecular formula is C19H22N4O3. The second kappa shape index (κ2) is 7.51. The predicted molar refractivity (Wildman–Crippen MR) is 98.0 cm³/mol. The molecule has 0 spiro atoms. The highest BCUT2D eigenvalue weighted by Crippen LogP contribution is 2.14. The maximum Gasteiger partial charge on any atom is 0.267 e. The van der Waals surface area contributed by atoms with Crippen LogP contribution in [-0.4, -0.2) is 27.2 Å². The second-order valence-electron chi connectivity index (χ2n) is 6.34. The monoisotopic (exact) mass is 354 g/mol. The summed E-state index contributed by atoms with van der Waals surface area (Å²) in [6.45, 7) is 6.04. The molecule has 136 valence electrons. The van der Waals surface area contributed by atoms with Crippen LogP contribution in [0.4, 0.5) is 0 Å². The van der Waals surface area contributed by atoms with Crippen molar-refractivity contribution in [2.24, 2.45) is 0 Å². The van der Waals surface area contributed by atoms with Crippen molar-refractivity contribution in [1.82, 2.24) is 20.0 Å². The number of rotatable bonds is 6. The number of carbonyl (C=O) groups is 1. The van der Waals surface area contributed by atoms with Crippen LogP contribution < -0.4 is 10.9 Å². The molecule has 3 rings (SSSR count). The van der Waals surface area contributed by atoms with Gasteiger partial charge in [-0.1, -0.05) is 49.3 Å². The molecular weight excluding hydrogens is 332 g/mol. The zero-order valence-corrected chi connectivity index (χ0v) is 15.2. The molecule has 2 heterocycles. The highest BCUT2D eigenvalue weighted by Gasteiger charge is 2.18. The lowest BCUT2D eigenvalue weighted by atomic mass is 10.0. The summed E-state index contributed by atoms with van der Waals surface area (Å²) < 4.78 is 6.48. The summed E-state index contributed by atoms with van der Waals surface area (Å²) in [7, 11) is 0. The summed E-state index contributed by atoms with van der Waals surface area (Å²) in [5.74, 6) is 0.466. The maximum atomic E-state index is 12.7. The van der Waals surface area contributed by atoms with Gasteiger partial charge in [0, 0.05) is 13.0 Å². The van der Waals surface area contributed by atoms with Gasteiger partial charge in [-0.05, 0) is 18.4 Å². The predicted octanol–water partition coefficient (Wildman–Crippen LogP) is 2.18. The van der Waals surface area contributed by atoms with Crippen molar-refractivity contribution < 1.29 is 9.32 Å². The van der Waals surface area contributed by atoms with Crippen molar-refractivity contribution in [1.29, 1.82) is 0 Å². The molecule has 1 atom stereocenters. The van der Waals surface area contributed by atoms with Crippen molar-refractivity contribution in [3.05, 3.63) is 57.8 Å². The number of benzene rings is 1. The average molecular weight is 354 g/mol. The molecule has 0 aliphatic carbocycles. The van der Waals surface area contributed by atoms with Gasteiger partial charge >= 0.3 is 0 Å². The van der Waals surface area contributed by atoms with E-state index in [0.717, 1.165) is 5.56 Å². The highest BCUT2D eigenvalue weighted by molar-refractivity contribution is 5.77. The van der Waals surface area contributed by atoms with Crippen molar-refractivity contribution in [3.8, 4) is 0 Å². The molecule has 26 heavy (non-hydrogen) atoms. The largest absolute Gasteiger partial charge is 0.354 e. The van der Waals surface area contributed by atoms with Crippen LogP contribution in [0, 0.1) is 6.92 Å². The summed E-state index contributed by atoms with van der Waals surface area (Å²) in [4.78, 5) is 29.4. The van der Waals surface area contributed by atoms with Gasteiger partial charge in [-0.3, -0.25) is 14.2 Å². The van der Waals surface area contributed by atoms with Crippen LogP contribution in [0.2, 0.25) is 0 Å². The Labute approximate surface area is 151 Å². The Kier molecular flexibility index (Phi) is 5.16. The first kappa shape index (κ1) is 17.8. The van der Waals surface area contributed by atoms with Gasteiger partial charge in [-0.25, -0.2) is 0 Å². The molecule has 0 saturated heterocycles. The minimum absolute atomic E-state index is 0.0723. The van der Waals surface area contributed by atoms with E-state index in [9.17, 15) is 9.59 Å². The van der Waals surface area contributed by atoms with Crippen LogP contribution in [0.15, 0.2) is 39.6 Å². The van der Waals surface area contributed by atoms with Crippen LogP contribution >= 0.6 is 0 Å². The van der Waals surface area contributed by atoms with Gasteiger partial charge in [0.1, 0.15) is 17.8 Å². The van der Waals surface area contributed by atoms with Crippen molar-refractivity contribution in [2.75, 3.05) is 6.54 Å². The molecule has 0 fully saturated rings. The normalized spacial score (nSPS) is 12.3. The molecule has 0 saturated carbocycles. The van der Waals surface area contributed by atoms with Crippen LogP contribution in [0.5, 0.6) is 0 Å². The van der Waals surface area contributed by atoms with Gasteiger partial charge in [-0.2, -0.15) is 4.98 Å². The number of nitrogens with zero attached hydrogens (tertiary/aromatic N) is 3. The molecule has 1 N–H and O–H groups in total. The Morgan fingerprint density at radius 2 is 2.04 bits per heavy atom. The van der Waals surface area contributed by atoms with E-state index in [2.05, 4.69) is 15.5 Å². The topological polar surface area (TPSA) is 90.0 Å². The number of nitrogens with one attached hydrogen (secondary N) is 1. The molecule has 1 amide bonds. The number of hydrogen-bond donors (Lipinski definition) is 1. The fourth-order valence-electron chi connectivity index (χ4n) is 2.91. The lowest BCUT2D eigenvalue weighted by Crippen LogP contribution is -2.36. The summed E-state index contributed by atoms with van der Waals surface area (Å²) >= 11 is 0. The Balaban J connectivity index is 1.76. The third-order valence-electron chi connectivity index (χ3n) is 4.44. The number of fused-ring (bicyclic) bond motifs is 1. The number of amides is 1. The van der Waals surface area contributed by atoms with Gasteiger partial charge in [0.25, 0.3) is 11.3 Å². The zero-order chi connectivity index (χ0) is 18.7. The van der Waals surface area contributed by atoms with Gasteiger partial charge in [0.2, 0.25) is 5.91 Å². The quantitative estimate of drug-likeness (QED) is 0.733. The van der Waals surface area contributed by atoms with Crippen molar-refractivity contribution in [3.63, 3.8) is 0 Å². The van der Waals surface area contributed by atoms with E-state index in [1.54, 1.807) is 6.92 Å². The molecule has 7 heteroatoms. The van der Waals surface area contributed by atoms with E-state index in [4.69, 9.17) is 4.52 Å². The molecule has 0 radical (unpaired) electrons. The molecule has 0 aliphatic rings. The van der Waals surface area contributed by atoms with E-state index in [1.165, 1.54) is 4.57 Å². The van der Waals surface area contributed by atoms with Crippen molar-refractivity contribution in [2.45, 2.75) is 39.7 Å². The molecule has 2 aromatic heterocycles. The smallest absolute Gasteiger partial charge is 0.267 e. The summed E-state index contributed by atoms with van der Waals surface area (Å²) in [5, 5.41) is 7.02. The van der Waals surface area contributed by atoms with Gasteiger partial charge in [0.15, 0.2) is 0 Å². The first-order chi connectivity index (χ1) is 12.5. The van der Waals surface area contributed by atoms with Crippen LogP contribution in [0.25, 0.3) is 11.1 Å². The standard InChI is InChI=1S/C19H22N4O3/c1-4-15-21-18-17(13(3)22-26-18)19(25)23(15)11-16(24)20-10-12(2)14-8-6-5-7-9-14/h5-9,12H,4,10-11H2,1-3H3,(H,20,24). The number of aromatic nitrogens is 3. The van der Waals surface area contributed by atoms with Gasteiger partial charge in [-0.15, -0.1) is 0 Å². The molecule has 1 unspecified atom stereocenters. The van der Waals surface area contributed by atoms with E-state index < -0.39 is 0 Å². The Hall–Kier alpha value is -2.96. The lowest BCUT2D eigenvalue weighted by Gasteiger charge is -2.14. The van der Waals surface area contributed by atoms with E-state index in [0.29, 0.717) is 29.9 Å². The van der Waals surface area contributed by atoms with E-state index in [1.807, 2.05) is 44.2 Å². The molecule has 7 nitrogen and oxygen atoms in total. The molecule has 3 aromatic rings. The summed E-state index contributed by atoms with van der Waals surface area (Å²) in [6.07, 6.45) is 0.513. The van der Waals surface area contributed by atoms with Gasteiger partial charge < -0.3 is 9.84 Å². The fraction of sp³-hybridized carbons (Fsp3) is 0.368. The minimum atomic E-state index is -0.295. The molecule has 1 aromatic carbocycles. The van der Waals surface area contributed by atoms with Crippen LogP contribution in [-0.2, 0) is 17.8 Å². The van der Waals surface area contributed by atoms with Crippen LogP contribution in [0.3, 0.4) is 0 Å². The zero-order valence-electron chi connectivity index (χ0n) is 15.2. The average Bonchev–Trinajstić information content (AvgIpc) is 3.03. The Morgan fingerprint density at radius 3 is 2.73 bits per heavy atom. The van der Waals surface area contributed by atoms with Gasteiger partial charge in [0.05, 0.1) is 5.69 Å². The van der Waals surface area contributed by atoms with Crippen molar-refractivity contribution >= 4 is 17.0 Å². The summed E-state index contributed by atoms with van der Waals surface area (Å²) in [5.41, 5.74) is 1.56. The molecule has 0 bridgehead atoms. The third kappa shape index (κ3) is 3.51. The second-order valence-corrected chi connectivity index (χ2v) is 6.34. The number of hydrogen-bond acceptors (Lipinski definition) is 5. The molecule has 0 aliphatic heterocycles. The van der Waals surface area contributed by atoms with Crippen LogP contribution in [0.1, 0.15) is 36.8 Å². The fourth-order valence-corrected chi connectivity index (χ4v) is 2.91. The SMILES string of the molecule is CCc1nc2onc(C)c2c(=O)n1CC(=O)NCC(C)c1ccccc1. The summed E-state index contributed by atoms with van der Waals surface area (Å²) in [6, 6.07) is 9.97. The maximum absolute atomic E-state index is 12.7. The first-order valence-corrected chi connectivity index (χ1v) is 8.68. The van der Waals surface area contributed by atoms with E-state index in [-0.39, 0.29) is 29.6 Å². The number of aryl methyl sites for hydroxylation is 2.